The molecule has 0 saturated heterocycles. The number of aliphatic imine (C=N–C) groups is 2. The molecule has 0 aliphatic rings. The number of aromatic nitrogens is 1. The van der Waals surface area contributed by atoms with Crippen molar-refractivity contribution in [3.63, 3.8) is 0 Å². The summed E-state index contributed by atoms with van der Waals surface area (Å²) in [4.78, 5) is 12.1. The van der Waals surface area contributed by atoms with Crippen LogP contribution in [0.4, 0.5) is 11.4 Å². The summed E-state index contributed by atoms with van der Waals surface area (Å²) in [5.41, 5.74) is 10.2. The number of hydrogen-bond donors (Lipinski definition) is 2. The lowest BCUT2D eigenvalue weighted by atomic mass is 9.98. The van der Waals surface area contributed by atoms with Crippen molar-refractivity contribution in [2.45, 2.75) is 0 Å². The van der Waals surface area contributed by atoms with Gasteiger partial charge in [0.15, 0.2) is 0 Å². The van der Waals surface area contributed by atoms with Crippen LogP contribution in [-0.4, -0.2) is 23.1 Å². The van der Waals surface area contributed by atoms with Gasteiger partial charge in [0.2, 0.25) is 0 Å². The van der Waals surface area contributed by atoms with Gasteiger partial charge in [-0.25, -0.2) is 4.99 Å². The van der Waals surface area contributed by atoms with Crippen LogP contribution >= 0.6 is 11.6 Å². The maximum Gasteiger partial charge on any atom is 0.116 e. The zero-order chi connectivity index (χ0) is 17.8. The van der Waals surface area contributed by atoms with Gasteiger partial charge in [0, 0.05) is 17.3 Å². The van der Waals surface area contributed by atoms with Crippen LogP contribution in [-0.2, 0) is 0 Å². The van der Waals surface area contributed by atoms with Crippen molar-refractivity contribution >= 4 is 36.0 Å². The van der Waals surface area contributed by atoms with E-state index in [9.17, 15) is 5.11 Å². The third kappa shape index (κ3) is 3.51. The fraction of sp³-hybridized carbons (Fsp3) is 0. The Labute approximate surface area is 150 Å². The van der Waals surface area contributed by atoms with Crippen LogP contribution in [0, 0.1) is 0 Å². The molecule has 25 heavy (non-hydrogen) atoms. The summed E-state index contributed by atoms with van der Waals surface area (Å²) < 4.78 is 0. The average Bonchev–Trinajstić information content (AvgIpc) is 2.63. The summed E-state index contributed by atoms with van der Waals surface area (Å²) in [5, 5.41) is 10.3. The molecule has 1 heterocycles. The fourth-order valence-electron chi connectivity index (χ4n) is 2.49. The van der Waals surface area contributed by atoms with E-state index in [1.54, 1.807) is 24.4 Å². The minimum absolute atomic E-state index is 0.122. The fourth-order valence-corrected chi connectivity index (χ4v) is 2.70. The van der Waals surface area contributed by atoms with Crippen LogP contribution in [0.25, 0.3) is 22.4 Å². The molecule has 0 saturated carbocycles. The van der Waals surface area contributed by atoms with E-state index in [1.165, 1.54) is 12.4 Å². The number of anilines is 1. The summed E-state index contributed by atoms with van der Waals surface area (Å²) in [5.74, 6) is 0.122. The molecule has 0 spiro atoms. The Morgan fingerprint density at radius 2 is 1.96 bits per heavy atom. The molecular formula is C19H15ClN4O. The Balaban J connectivity index is 2.13. The molecule has 0 atom stereocenters. The molecule has 0 radical (unpaired) electrons. The molecule has 0 bridgehead atoms. The van der Waals surface area contributed by atoms with Gasteiger partial charge in [-0.3, -0.25) is 9.98 Å². The standard InChI is InChI=1S/C19H15ClN4O/c1-22-11-24-18-7-4-12(9-17(18)21)14-3-2-8-23-19(14)15-10-13(25)5-6-16(15)20/h2-11,25H,1,21H2. The molecule has 3 rings (SSSR count). The van der Waals surface area contributed by atoms with Crippen LogP contribution in [0.5, 0.6) is 5.75 Å². The highest BCUT2D eigenvalue weighted by Crippen LogP contribution is 2.37. The smallest absolute Gasteiger partial charge is 0.116 e. The van der Waals surface area contributed by atoms with E-state index in [2.05, 4.69) is 21.7 Å². The molecule has 0 unspecified atom stereocenters. The Morgan fingerprint density at radius 1 is 1.12 bits per heavy atom. The van der Waals surface area contributed by atoms with Gasteiger partial charge in [0.25, 0.3) is 0 Å². The highest BCUT2D eigenvalue weighted by molar-refractivity contribution is 6.33. The third-order valence-electron chi connectivity index (χ3n) is 3.63. The van der Waals surface area contributed by atoms with E-state index in [4.69, 9.17) is 17.3 Å². The maximum atomic E-state index is 9.79. The molecule has 0 aliphatic carbocycles. The topological polar surface area (TPSA) is 83.9 Å². The monoisotopic (exact) mass is 350 g/mol. The van der Waals surface area contributed by atoms with Gasteiger partial charge in [0.1, 0.15) is 12.1 Å². The Bertz CT molecular complexity index is 969. The molecule has 3 aromatic rings. The molecule has 124 valence electrons. The maximum absolute atomic E-state index is 9.79. The first-order chi connectivity index (χ1) is 12.1. The van der Waals surface area contributed by atoms with Crippen LogP contribution in [0.1, 0.15) is 0 Å². The largest absolute Gasteiger partial charge is 0.508 e. The number of nitrogens with two attached hydrogens (primary N) is 1. The Hall–Kier alpha value is -3.18. The quantitative estimate of drug-likeness (QED) is 0.405. The second-order valence-corrected chi connectivity index (χ2v) is 5.67. The third-order valence-corrected chi connectivity index (χ3v) is 3.96. The van der Waals surface area contributed by atoms with Crippen molar-refractivity contribution in [3.05, 3.63) is 59.8 Å². The number of aromatic hydroxyl groups is 1. The molecule has 1 aromatic heterocycles. The van der Waals surface area contributed by atoms with Crippen molar-refractivity contribution in [1.29, 1.82) is 0 Å². The summed E-state index contributed by atoms with van der Waals surface area (Å²) in [6, 6.07) is 14.0. The van der Waals surface area contributed by atoms with Gasteiger partial charge in [-0.1, -0.05) is 23.7 Å². The first-order valence-corrected chi connectivity index (χ1v) is 7.80. The SMILES string of the molecule is C=NC=Nc1ccc(-c2cccnc2-c2cc(O)ccc2Cl)cc1N. The van der Waals surface area contributed by atoms with E-state index in [1.807, 2.05) is 24.3 Å². The highest BCUT2D eigenvalue weighted by atomic mass is 35.5. The minimum atomic E-state index is 0.122. The van der Waals surface area contributed by atoms with Crippen molar-refractivity contribution in [3.8, 4) is 28.1 Å². The minimum Gasteiger partial charge on any atom is -0.508 e. The molecule has 6 heteroatoms. The Morgan fingerprint density at radius 3 is 2.72 bits per heavy atom. The van der Waals surface area contributed by atoms with Crippen LogP contribution in [0.15, 0.2) is 64.7 Å². The van der Waals surface area contributed by atoms with Crippen molar-refractivity contribution < 1.29 is 5.11 Å². The van der Waals surface area contributed by atoms with Crippen LogP contribution in [0.3, 0.4) is 0 Å². The molecule has 2 aromatic carbocycles. The summed E-state index contributed by atoms with van der Waals surface area (Å²) in [6.07, 6.45) is 3.02. The number of benzene rings is 2. The van der Waals surface area contributed by atoms with Crippen LogP contribution < -0.4 is 5.73 Å². The summed E-state index contributed by atoms with van der Waals surface area (Å²) in [6.45, 7) is 3.35. The van der Waals surface area contributed by atoms with Gasteiger partial charge in [-0.2, -0.15) is 0 Å². The number of nitrogens with zero attached hydrogens (tertiary/aromatic N) is 3. The summed E-state index contributed by atoms with van der Waals surface area (Å²) >= 11 is 6.29. The van der Waals surface area contributed by atoms with Gasteiger partial charge in [0.05, 0.1) is 22.1 Å². The number of phenols is 1. The zero-order valence-corrected chi connectivity index (χ0v) is 14.0. The first-order valence-electron chi connectivity index (χ1n) is 7.42. The molecule has 0 fully saturated rings. The molecule has 3 N–H and O–H groups in total. The van der Waals surface area contributed by atoms with Gasteiger partial charge in [-0.05, 0) is 48.7 Å². The normalized spacial score (nSPS) is 10.9. The number of hydrogen-bond acceptors (Lipinski definition) is 4. The molecule has 5 nitrogen and oxygen atoms in total. The highest BCUT2D eigenvalue weighted by Gasteiger charge is 2.13. The summed E-state index contributed by atoms with van der Waals surface area (Å²) in [7, 11) is 0. The van der Waals surface area contributed by atoms with Gasteiger partial charge < -0.3 is 10.8 Å². The van der Waals surface area contributed by atoms with Crippen molar-refractivity contribution in [2.24, 2.45) is 9.98 Å². The zero-order valence-electron chi connectivity index (χ0n) is 13.2. The second-order valence-electron chi connectivity index (χ2n) is 5.26. The van der Waals surface area contributed by atoms with Crippen LogP contribution in [0.2, 0.25) is 5.02 Å². The molecule has 0 amide bonds. The predicted molar refractivity (Wildman–Crippen MR) is 104 cm³/mol. The van der Waals surface area contributed by atoms with E-state index >= 15 is 0 Å². The average molecular weight is 351 g/mol. The Kier molecular flexibility index (Phi) is 4.77. The number of pyridine rings is 1. The van der Waals surface area contributed by atoms with Gasteiger partial charge >= 0.3 is 0 Å². The predicted octanol–water partition coefficient (Wildman–Crippen LogP) is 4.72. The lowest BCUT2D eigenvalue weighted by molar-refractivity contribution is 0.475. The number of nitrogen functional groups attached to an aromatic ring is 1. The first kappa shape index (κ1) is 16.7. The molecular weight excluding hydrogens is 336 g/mol. The van der Waals surface area contributed by atoms with Gasteiger partial charge in [-0.15, -0.1) is 0 Å². The van der Waals surface area contributed by atoms with E-state index in [0.717, 1.165) is 11.1 Å². The van der Waals surface area contributed by atoms with Crippen molar-refractivity contribution in [2.75, 3.05) is 5.73 Å². The number of phenolic OH excluding ortho intramolecular Hbond substituents is 1. The second kappa shape index (κ2) is 7.15. The van der Waals surface area contributed by atoms with E-state index < -0.39 is 0 Å². The molecule has 0 aliphatic heterocycles. The number of rotatable bonds is 4. The number of halogens is 1. The van der Waals surface area contributed by atoms with E-state index in [0.29, 0.717) is 27.7 Å². The van der Waals surface area contributed by atoms with E-state index in [-0.39, 0.29) is 5.75 Å². The lowest BCUT2D eigenvalue weighted by Crippen LogP contribution is -1.92. The van der Waals surface area contributed by atoms with Crippen molar-refractivity contribution in [1.82, 2.24) is 4.98 Å². The lowest BCUT2D eigenvalue weighted by Gasteiger charge is -2.12.